The molecule has 1 saturated heterocycles. The molecule has 1 aromatic rings. The first-order valence-corrected chi connectivity index (χ1v) is 7.96. The molecule has 0 saturated carbocycles. The molecule has 2 aliphatic rings. The number of carbonyl (C=O) groups excluding carboxylic acids is 3. The van der Waals surface area contributed by atoms with Crippen LogP contribution in [0.5, 0.6) is 5.75 Å². The Hall–Kier alpha value is -1.52. The summed E-state index contributed by atoms with van der Waals surface area (Å²) < 4.78 is 5.55. The number of amides is 2. The molecule has 126 valence electrons. The van der Waals surface area contributed by atoms with Crippen molar-refractivity contribution in [3.05, 3.63) is 40.6 Å². The van der Waals surface area contributed by atoms with Gasteiger partial charge in [-0.05, 0) is 30.7 Å². The van der Waals surface area contributed by atoms with Crippen LogP contribution in [0.4, 0.5) is 0 Å². The van der Waals surface area contributed by atoms with Crippen molar-refractivity contribution in [1.82, 2.24) is 4.90 Å². The van der Waals surface area contributed by atoms with Crippen LogP contribution in [-0.2, 0) is 9.59 Å². The van der Waals surface area contributed by atoms with Gasteiger partial charge in [0.2, 0.25) is 11.8 Å². The second kappa shape index (κ2) is 7.79. The van der Waals surface area contributed by atoms with Crippen molar-refractivity contribution in [3.63, 3.8) is 0 Å². The number of aliphatic carboxylic acids is 1. The van der Waals surface area contributed by atoms with Crippen molar-refractivity contribution in [3.8, 4) is 5.75 Å². The number of nitrogens with zero attached hydrogens (tertiary/aromatic N) is 1. The number of aliphatic hydroxyl groups excluding tert-OH is 1. The molecule has 0 spiro atoms. The maximum atomic E-state index is 12.0. The zero-order valence-electron chi connectivity index (χ0n) is 13.3. The van der Waals surface area contributed by atoms with E-state index in [1.54, 1.807) is 0 Å². The minimum absolute atomic E-state index is 0. The van der Waals surface area contributed by atoms with Gasteiger partial charge in [0, 0.05) is 12.2 Å². The Bertz CT molecular complexity index is 751. The number of carbonyl (C=O) groups is 3. The van der Waals surface area contributed by atoms with E-state index in [1.165, 1.54) is 24.3 Å². The Morgan fingerprint density at radius 1 is 1.32 bits per heavy atom. The minimum Gasteiger partial charge on any atom is -0.543 e. The molecule has 0 aliphatic carbocycles. The van der Waals surface area contributed by atoms with Crippen LogP contribution >= 0.6 is 11.8 Å². The van der Waals surface area contributed by atoms with Gasteiger partial charge in [0.15, 0.2) is 5.09 Å². The number of carboxylic acids is 1. The average Bonchev–Trinajstić information content (AvgIpc) is 2.88. The Morgan fingerprint density at radius 2 is 1.96 bits per heavy atom. The van der Waals surface area contributed by atoms with E-state index in [1.807, 2.05) is 0 Å². The Morgan fingerprint density at radius 3 is 2.48 bits per heavy atom. The smallest absolute Gasteiger partial charge is 0.543 e. The number of hydrogen-bond donors (Lipinski definition) is 2. The molecule has 1 aromatic carbocycles. The van der Waals surface area contributed by atoms with E-state index in [-0.39, 0.29) is 64.8 Å². The minimum atomic E-state index is -1.51. The van der Waals surface area contributed by atoms with Gasteiger partial charge in [-0.25, -0.2) is 0 Å². The maximum Gasteiger partial charge on any atom is 1.00 e. The summed E-state index contributed by atoms with van der Waals surface area (Å²) in [4.78, 5) is 35.6. The molecular weight excluding hydrogens is 359 g/mol. The number of primary amides is 1. The molecule has 3 N–H and O–H groups in total. The number of β-lactam (4-membered cyclic amide) rings is 1. The second-order valence-corrected chi connectivity index (χ2v) is 6.34. The Balaban J connectivity index is 0.00000225. The van der Waals surface area contributed by atoms with Crippen LogP contribution in [0.2, 0.25) is 0 Å². The summed E-state index contributed by atoms with van der Waals surface area (Å²) in [5.41, 5.74) is 5.12. The number of carboxylic acid groups (broad SMARTS) is 1. The molecule has 2 heterocycles. The molecular formula is C15H13N2NaO6S. The molecule has 1 fully saturated rings. The Labute approximate surface area is 169 Å². The van der Waals surface area contributed by atoms with Crippen LogP contribution in [0.3, 0.4) is 0 Å². The summed E-state index contributed by atoms with van der Waals surface area (Å²) in [7, 11) is 0. The molecule has 0 aromatic heterocycles. The fraction of sp³-hybridized carbons (Fsp3) is 0.267. The van der Waals surface area contributed by atoms with E-state index < -0.39 is 23.2 Å². The summed E-state index contributed by atoms with van der Waals surface area (Å²) in [6.07, 6.45) is 0.258. The van der Waals surface area contributed by atoms with Gasteiger partial charge in [-0.1, -0.05) is 11.8 Å². The van der Waals surface area contributed by atoms with Gasteiger partial charge in [0.05, 0.1) is 11.9 Å². The number of nitrogens with two attached hydrogens (primary N) is 1. The van der Waals surface area contributed by atoms with Crippen LogP contribution in [0.15, 0.2) is 35.1 Å². The molecule has 0 unspecified atom stereocenters. The second-order valence-electron chi connectivity index (χ2n) is 5.25. The van der Waals surface area contributed by atoms with Gasteiger partial charge in [-0.3, -0.25) is 14.5 Å². The number of fused-ring (bicyclic) bond motifs is 1. The van der Waals surface area contributed by atoms with Crippen LogP contribution < -0.4 is 45.1 Å². The molecule has 3 rings (SSSR count). The standard InChI is InChI=1S/C15H14N2O6S.Na/c16-11(19)7-1-3-8(4-2-7)23-15-10(14(21)22)17-12(20)9(5-6-18)13(17)24-15;/h1-4,9,13,18H,5-6H2,(H2,16,19)(H,21,22);/q;+1/p-1/t9-,13+;/m0./s1. The van der Waals surface area contributed by atoms with Crippen molar-refractivity contribution >= 4 is 29.5 Å². The van der Waals surface area contributed by atoms with Gasteiger partial charge in [-0.2, -0.15) is 0 Å². The van der Waals surface area contributed by atoms with E-state index >= 15 is 0 Å². The van der Waals surface area contributed by atoms with E-state index in [4.69, 9.17) is 15.6 Å². The molecule has 2 amide bonds. The summed E-state index contributed by atoms with van der Waals surface area (Å²) in [5.74, 6) is -2.62. The van der Waals surface area contributed by atoms with Crippen molar-refractivity contribution < 1.29 is 58.9 Å². The van der Waals surface area contributed by atoms with Crippen LogP contribution in [0, 0.1) is 5.92 Å². The number of thioether (sulfide) groups is 1. The summed E-state index contributed by atoms with van der Waals surface area (Å²) in [5, 5.41) is 20.0. The summed E-state index contributed by atoms with van der Waals surface area (Å²) in [6, 6.07) is 5.85. The predicted octanol–water partition coefficient (Wildman–Crippen LogP) is -4.00. The average molecular weight is 372 g/mol. The van der Waals surface area contributed by atoms with Crippen LogP contribution in [-0.4, -0.2) is 39.8 Å². The van der Waals surface area contributed by atoms with Gasteiger partial charge in [0.25, 0.3) is 0 Å². The molecule has 25 heavy (non-hydrogen) atoms. The van der Waals surface area contributed by atoms with Gasteiger partial charge < -0.3 is 25.5 Å². The van der Waals surface area contributed by atoms with Crippen molar-refractivity contribution in [2.45, 2.75) is 11.8 Å². The summed E-state index contributed by atoms with van der Waals surface area (Å²) in [6.45, 7) is -0.160. The van der Waals surface area contributed by atoms with Crippen molar-refractivity contribution in [2.75, 3.05) is 6.61 Å². The van der Waals surface area contributed by atoms with Gasteiger partial charge in [0.1, 0.15) is 16.8 Å². The zero-order chi connectivity index (χ0) is 17.4. The molecule has 2 aliphatic heterocycles. The monoisotopic (exact) mass is 372 g/mol. The van der Waals surface area contributed by atoms with Crippen molar-refractivity contribution in [1.29, 1.82) is 0 Å². The molecule has 10 heteroatoms. The largest absolute Gasteiger partial charge is 1.00 e. The number of aliphatic hydroxyl groups is 1. The van der Waals surface area contributed by atoms with Crippen molar-refractivity contribution in [2.24, 2.45) is 11.7 Å². The summed E-state index contributed by atoms with van der Waals surface area (Å²) >= 11 is 1.09. The third-order valence-corrected chi connectivity index (χ3v) is 5.07. The first kappa shape index (κ1) is 19.8. The molecule has 0 radical (unpaired) electrons. The molecule has 2 atom stereocenters. The SMILES string of the molecule is NC(=O)c1ccc(OC2=C(C(=O)[O-])N3C(=O)[C@H](CCO)[C@H]3S2)cc1.[Na+]. The normalized spacial score (nSPS) is 21.3. The number of benzene rings is 1. The zero-order valence-corrected chi connectivity index (χ0v) is 16.1. The van der Waals surface area contributed by atoms with Crippen LogP contribution in [0.25, 0.3) is 0 Å². The topological polar surface area (TPSA) is 133 Å². The molecule has 8 nitrogen and oxygen atoms in total. The van der Waals surface area contributed by atoms with E-state index in [9.17, 15) is 19.5 Å². The maximum absolute atomic E-state index is 12.0. The first-order valence-electron chi connectivity index (χ1n) is 7.08. The molecule has 0 bridgehead atoms. The number of ether oxygens (including phenoxy) is 1. The third-order valence-electron chi connectivity index (χ3n) is 3.80. The predicted molar refractivity (Wildman–Crippen MR) is 81.0 cm³/mol. The van der Waals surface area contributed by atoms with Crippen LogP contribution in [0.1, 0.15) is 16.8 Å². The fourth-order valence-corrected chi connectivity index (χ4v) is 4.00. The van der Waals surface area contributed by atoms with Gasteiger partial charge >= 0.3 is 29.6 Å². The number of rotatable bonds is 6. The first-order chi connectivity index (χ1) is 11.4. The Kier molecular flexibility index (Phi) is 6.17. The van der Waals surface area contributed by atoms with E-state index in [0.717, 1.165) is 16.7 Å². The third kappa shape index (κ3) is 3.56. The van der Waals surface area contributed by atoms with E-state index in [2.05, 4.69) is 0 Å². The number of hydrogen-bond acceptors (Lipinski definition) is 7. The van der Waals surface area contributed by atoms with Gasteiger partial charge in [-0.15, -0.1) is 0 Å². The van der Waals surface area contributed by atoms with E-state index in [0.29, 0.717) is 5.75 Å². The fourth-order valence-electron chi connectivity index (χ4n) is 2.61. The quantitative estimate of drug-likeness (QED) is 0.384.